The van der Waals surface area contributed by atoms with Crippen LogP contribution in [-0.4, -0.2) is 39.3 Å². The monoisotopic (exact) mass is 285 g/mol. The average molecular weight is 285 g/mol. The molecular weight excluding hydrogens is 262 g/mol. The van der Waals surface area contributed by atoms with Crippen LogP contribution in [0.15, 0.2) is 36.7 Å². The lowest BCUT2D eigenvalue weighted by Crippen LogP contribution is -2.46. The van der Waals surface area contributed by atoms with Gasteiger partial charge in [0.05, 0.1) is 12.1 Å². The van der Waals surface area contributed by atoms with E-state index in [1.165, 1.54) is 5.56 Å². The molecule has 0 bridgehead atoms. The lowest BCUT2D eigenvalue weighted by molar-refractivity contribution is 0.207. The van der Waals surface area contributed by atoms with Crippen LogP contribution in [0.1, 0.15) is 24.7 Å². The number of benzene rings is 1. The van der Waals surface area contributed by atoms with Gasteiger partial charge in [0.1, 0.15) is 12.2 Å². The topological polar surface area (TPSA) is 46.0 Å². The van der Waals surface area contributed by atoms with E-state index in [2.05, 4.69) is 57.6 Å². The summed E-state index contributed by atoms with van der Waals surface area (Å²) < 4.78 is 1.86. The lowest BCUT2D eigenvalue weighted by atomic mass is 9.91. The Balaban J connectivity index is 1.79. The van der Waals surface area contributed by atoms with Crippen LogP contribution in [0.25, 0.3) is 0 Å². The minimum absolute atomic E-state index is 0.0175. The molecule has 1 fully saturated rings. The minimum atomic E-state index is -0.0175. The summed E-state index contributed by atoms with van der Waals surface area (Å²) in [7, 11) is 1.95. The van der Waals surface area contributed by atoms with E-state index in [0.717, 1.165) is 38.4 Å². The Hall–Kier alpha value is -1.72. The molecule has 1 aromatic carbocycles. The molecule has 1 aliphatic rings. The summed E-state index contributed by atoms with van der Waals surface area (Å²) in [5, 5.41) is 7.88. The fourth-order valence-electron chi connectivity index (χ4n) is 3.05. The molecule has 0 aliphatic carbocycles. The third-order valence-electron chi connectivity index (χ3n) is 4.29. The number of nitrogens with zero attached hydrogens (tertiary/aromatic N) is 4. The van der Waals surface area contributed by atoms with Crippen molar-refractivity contribution in [2.24, 2.45) is 7.05 Å². The molecule has 1 saturated heterocycles. The molecule has 21 heavy (non-hydrogen) atoms. The third-order valence-corrected chi connectivity index (χ3v) is 4.29. The lowest BCUT2D eigenvalue weighted by Gasteiger charge is -2.34. The van der Waals surface area contributed by atoms with Gasteiger partial charge in [-0.2, -0.15) is 5.10 Å². The highest BCUT2D eigenvalue weighted by atomic mass is 15.3. The standard InChI is InChI=1S/C16H23N5/c1-16(14-7-4-3-5-8-14)12-21(10-6-9-18-16)11-15-17-13-19-20(15)2/h3-5,7-8,13,18H,6,9-12H2,1-2H3. The van der Waals surface area contributed by atoms with E-state index < -0.39 is 0 Å². The molecule has 1 atom stereocenters. The molecule has 2 aromatic rings. The van der Waals surface area contributed by atoms with Crippen LogP contribution in [0.5, 0.6) is 0 Å². The van der Waals surface area contributed by atoms with E-state index in [9.17, 15) is 0 Å². The second kappa shape index (κ2) is 5.95. The largest absolute Gasteiger partial charge is 0.307 e. The van der Waals surface area contributed by atoms with E-state index in [1.54, 1.807) is 6.33 Å². The SMILES string of the molecule is Cn1ncnc1CN1CCCNC(C)(c2ccccc2)C1. The number of rotatable bonds is 3. The Morgan fingerprint density at radius 1 is 1.29 bits per heavy atom. The van der Waals surface area contributed by atoms with Gasteiger partial charge >= 0.3 is 0 Å². The summed E-state index contributed by atoms with van der Waals surface area (Å²) in [5.74, 6) is 1.02. The van der Waals surface area contributed by atoms with Gasteiger partial charge in [-0.05, 0) is 32.0 Å². The van der Waals surface area contributed by atoms with Crippen molar-refractivity contribution in [3.8, 4) is 0 Å². The summed E-state index contributed by atoms with van der Waals surface area (Å²) in [4.78, 5) is 6.82. The van der Waals surface area contributed by atoms with Crippen molar-refractivity contribution >= 4 is 0 Å². The minimum Gasteiger partial charge on any atom is -0.307 e. The highest BCUT2D eigenvalue weighted by molar-refractivity contribution is 5.24. The molecule has 1 N–H and O–H groups in total. The Bertz CT molecular complexity index is 579. The van der Waals surface area contributed by atoms with Crippen molar-refractivity contribution in [1.82, 2.24) is 25.0 Å². The predicted molar refractivity (Wildman–Crippen MR) is 82.7 cm³/mol. The fraction of sp³-hybridized carbons (Fsp3) is 0.500. The first-order valence-electron chi connectivity index (χ1n) is 7.53. The van der Waals surface area contributed by atoms with E-state index in [4.69, 9.17) is 0 Å². The van der Waals surface area contributed by atoms with Crippen LogP contribution >= 0.6 is 0 Å². The number of aromatic nitrogens is 3. The van der Waals surface area contributed by atoms with E-state index in [0.29, 0.717) is 0 Å². The molecule has 1 aliphatic heterocycles. The zero-order chi connectivity index (χ0) is 14.7. The number of hydrogen-bond donors (Lipinski definition) is 1. The van der Waals surface area contributed by atoms with Gasteiger partial charge in [-0.15, -0.1) is 0 Å². The Labute approximate surface area is 126 Å². The van der Waals surface area contributed by atoms with Gasteiger partial charge in [0.25, 0.3) is 0 Å². The summed E-state index contributed by atoms with van der Waals surface area (Å²) in [6.45, 7) is 6.24. The average Bonchev–Trinajstić information content (AvgIpc) is 2.79. The van der Waals surface area contributed by atoms with E-state index in [-0.39, 0.29) is 5.54 Å². The first kappa shape index (κ1) is 14.2. The van der Waals surface area contributed by atoms with Crippen molar-refractivity contribution < 1.29 is 0 Å². The fourth-order valence-corrected chi connectivity index (χ4v) is 3.05. The van der Waals surface area contributed by atoms with E-state index >= 15 is 0 Å². The zero-order valence-electron chi connectivity index (χ0n) is 12.8. The molecule has 2 heterocycles. The Morgan fingerprint density at radius 3 is 2.81 bits per heavy atom. The number of aryl methyl sites for hydroxylation is 1. The van der Waals surface area contributed by atoms with Gasteiger partial charge in [0.15, 0.2) is 0 Å². The maximum Gasteiger partial charge on any atom is 0.140 e. The summed E-state index contributed by atoms with van der Waals surface area (Å²) in [6, 6.07) is 10.7. The Morgan fingerprint density at radius 2 is 2.10 bits per heavy atom. The van der Waals surface area contributed by atoms with Crippen LogP contribution in [-0.2, 0) is 19.1 Å². The summed E-state index contributed by atoms with van der Waals surface area (Å²) in [5.41, 5.74) is 1.32. The van der Waals surface area contributed by atoms with Gasteiger partial charge < -0.3 is 5.32 Å². The molecule has 5 heteroatoms. The molecule has 0 spiro atoms. The highest BCUT2D eigenvalue weighted by Gasteiger charge is 2.30. The first-order valence-corrected chi connectivity index (χ1v) is 7.53. The molecule has 3 rings (SSSR count). The molecule has 1 aromatic heterocycles. The molecule has 5 nitrogen and oxygen atoms in total. The van der Waals surface area contributed by atoms with Gasteiger partial charge in [0, 0.05) is 13.6 Å². The van der Waals surface area contributed by atoms with Crippen LogP contribution < -0.4 is 5.32 Å². The molecule has 0 radical (unpaired) electrons. The van der Waals surface area contributed by atoms with Crippen LogP contribution in [0.2, 0.25) is 0 Å². The smallest absolute Gasteiger partial charge is 0.140 e. The second-order valence-electron chi connectivity index (χ2n) is 5.99. The van der Waals surface area contributed by atoms with Gasteiger partial charge in [-0.25, -0.2) is 4.98 Å². The van der Waals surface area contributed by atoms with Crippen molar-refractivity contribution in [1.29, 1.82) is 0 Å². The molecule has 0 saturated carbocycles. The number of nitrogens with one attached hydrogen (secondary N) is 1. The van der Waals surface area contributed by atoms with Crippen molar-refractivity contribution in [2.45, 2.75) is 25.4 Å². The molecule has 0 amide bonds. The quantitative estimate of drug-likeness (QED) is 0.929. The molecular formula is C16H23N5. The molecule has 1 unspecified atom stereocenters. The zero-order valence-corrected chi connectivity index (χ0v) is 12.8. The van der Waals surface area contributed by atoms with Crippen LogP contribution in [0, 0.1) is 0 Å². The first-order chi connectivity index (χ1) is 10.2. The van der Waals surface area contributed by atoms with Crippen molar-refractivity contribution in [2.75, 3.05) is 19.6 Å². The van der Waals surface area contributed by atoms with Crippen molar-refractivity contribution in [3.05, 3.63) is 48.0 Å². The normalized spacial score (nSPS) is 23.9. The van der Waals surface area contributed by atoms with Crippen molar-refractivity contribution in [3.63, 3.8) is 0 Å². The maximum absolute atomic E-state index is 4.35. The van der Waals surface area contributed by atoms with Crippen LogP contribution in [0.4, 0.5) is 0 Å². The Kier molecular flexibility index (Phi) is 4.03. The van der Waals surface area contributed by atoms with Gasteiger partial charge in [0.2, 0.25) is 0 Å². The molecule has 112 valence electrons. The summed E-state index contributed by atoms with van der Waals surface area (Å²) in [6.07, 6.45) is 2.78. The number of hydrogen-bond acceptors (Lipinski definition) is 4. The summed E-state index contributed by atoms with van der Waals surface area (Å²) >= 11 is 0. The van der Waals surface area contributed by atoms with Crippen LogP contribution in [0.3, 0.4) is 0 Å². The second-order valence-corrected chi connectivity index (χ2v) is 5.99. The van der Waals surface area contributed by atoms with E-state index in [1.807, 2.05) is 11.7 Å². The third kappa shape index (κ3) is 3.14. The van der Waals surface area contributed by atoms with Gasteiger partial charge in [-0.3, -0.25) is 9.58 Å². The maximum atomic E-state index is 4.35. The highest BCUT2D eigenvalue weighted by Crippen LogP contribution is 2.24. The predicted octanol–water partition coefficient (Wildman–Crippen LogP) is 1.53. The van der Waals surface area contributed by atoms with Gasteiger partial charge in [-0.1, -0.05) is 30.3 Å².